The van der Waals surface area contributed by atoms with Crippen LogP contribution >= 0.6 is 0 Å². The maximum Gasteiger partial charge on any atom is 0.407 e. The van der Waals surface area contributed by atoms with Crippen molar-refractivity contribution in [3.05, 3.63) is 0 Å². The normalized spacial score (nSPS) is 19.5. The predicted molar refractivity (Wildman–Crippen MR) is 91.8 cm³/mol. The maximum atomic E-state index is 12.5. The van der Waals surface area contributed by atoms with Gasteiger partial charge in [0, 0.05) is 25.6 Å². The summed E-state index contributed by atoms with van der Waals surface area (Å²) >= 11 is 0. The number of carbonyl (C=O) groups excluding carboxylic acids is 1. The predicted octanol–water partition coefficient (Wildman–Crippen LogP) is 2.39. The van der Waals surface area contributed by atoms with Crippen LogP contribution in [0, 0.1) is 11.3 Å². The fourth-order valence-electron chi connectivity index (χ4n) is 2.67. The molecule has 8 heteroatoms. The Morgan fingerprint density at radius 1 is 1.33 bits per heavy atom. The van der Waals surface area contributed by atoms with E-state index in [0.29, 0.717) is 25.8 Å². The van der Waals surface area contributed by atoms with Crippen LogP contribution in [0.15, 0.2) is 0 Å². The summed E-state index contributed by atoms with van der Waals surface area (Å²) in [6.07, 6.45) is 3.43. The van der Waals surface area contributed by atoms with Gasteiger partial charge >= 0.3 is 6.09 Å². The SMILES string of the molecule is CC(C)(C)OC(=O)NC[C@@H]1CCCCN1S(=O)(=O)CCCCC#N. The van der Waals surface area contributed by atoms with E-state index in [4.69, 9.17) is 10.00 Å². The van der Waals surface area contributed by atoms with Crippen LogP contribution in [0.1, 0.15) is 59.3 Å². The van der Waals surface area contributed by atoms with E-state index < -0.39 is 21.7 Å². The van der Waals surface area contributed by atoms with Gasteiger partial charge in [-0.1, -0.05) is 6.42 Å². The third kappa shape index (κ3) is 7.49. The number of sulfonamides is 1. The molecule has 138 valence electrons. The Morgan fingerprint density at radius 2 is 2.04 bits per heavy atom. The number of rotatable bonds is 7. The Kier molecular flexibility index (Phi) is 7.97. The lowest BCUT2D eigenvalue weighted by Crippen LogP contribution is -2.50. The van der Waals surface area contributed by atoms with Crippen LogP contribution in [-0.2, 0) is 14.8 Å². The van der Waals surface area contributed by atoms with Gasteiger partial charge in [-0.15, -0.1) is 0 Å². The maximum absolute atomic E-state index is 12.5. The van der Waals surface area contributed by atoms with Crippen molar-refractivity contribution in [3.8, 4) is 6.07 Å². The first-order chi connectivity index (χ1) is 11.2. The molecule has 0 radical (unpaired) electrons. The van der Waals surface area contributed by atoms with E-state index in [2.05, 4.69) is 5.32 Å². The quantitative estimate of drug-likeness (QED) is 0.704. The molecule has 0 aliphatic carbocycles. The minimum atomic E-state index is -3.36. The van der Waals surface area contributed by atoms with Crippen LogP contribution in [0.4, 0.5) is 4.79 Å². The average Bonchev–Trinajstić information content (AvgIpc) is 2.48. The van der Waals surface area contributed by atoms with Crippen LogP contribution in [-0.4, -0.2) is 49.3 Å². The first-order valence-electron chi connectivity index (χ1n) is 8.49. The monoisotopic (exact) mass is 359 g/mol. The van der Waals surface area contributed by atoms with Crippen molar-refractivity contribution < 1.29 is 17.9 Å². The van der Waals surface area contributed by atoms with Gasteiger partial charge < -0.3 is 10.1 Å². The number of hydrogen-bond donors (Lipinski definition) is 1. The van der Waals surface area contributed by atoms with Gasteiger partial charge in [0.1, 0.15) is 5.60 Å². The van der Waals surface area contributed by atoms with Gasteiger partial charge in [-0.05, 0) is 46.5 Å². The molecule has 0 aromatic rings. The fraction of sp³-hybridized carbons (Fsp3) is 0.875. The molecule has 0 aromatic heterocycles. The number of unbranched alkanes of at least 4 members (excludes halogenated alkanes) is 2. The molecule has 0 spiro atoms. The van der Waals surface area contributed by atoms with E-state index >= 15 is 0 Å². The molecule has 1 atom stereocenters. The van der Waals surface area contributed by atoms with Gasteiger partial charge in [0.2, 0.25) is 10.0 Å². The summed E-state index contributed by atoms with van der Waals surface area (Å²) in [7, 11) is -3.36. The molecule has 1 rings (SSSR count). The zero-order valence-electron chi connectivity index (χ0n) is 14.9. The number of alkyl carbamates (subject to hydrolysis) is 1. The van der Waals surface area contributed by atoms with Crippen molar-refractivity contribution in [1.82, 2.24) is 9.62 Å². The number of piperidine rings is 1. The molecule has 1 aliphatic heterocycles. The standard InChI is InChI=1S/C16H29N3O4S/c1-16(2,3)23-15(20)18-13-14-9-5-7-11-19(14)24(21,22)12-8-4-6-10-17/h14H,4-9,11-13H2,1-3H3,(H,18,20)/t14-/m0/s1. The molecule has 7 nitrogen and oxygen atoms in total. The van der Waals surface area contributed by atoms with Gasteiger partial charge in [0.05, 0.1) is 11.8 Å². The molecule has 1 heterocycles. The van der Waals surface area contributed by atoms with E-state index in [1.807, 2.05) is 6.07 Å². The summed E-state index contributed by atoms with van der Waals surface area (Å²) in [6.45, 7) is 6.09. The van der Waals surface area contributed by atoms with Crippen molar-refractivity contribution in [2.24, 2.45) is 0 Å². The fourth-order valence-corrected chi connectivity index (χ4v) is 4.51. The van der Waals surface area contributed by atoms with Crippen LogP contribution < -0.4 is 5.32 Å². The summed E-state index contributed by atoms with van der Waals surface area (Å²) in [6, 6.07) is 1.79. The Balaban J connectivity index is 2.58. The number of carbonyl (C=O) groups is 1. The second-order valence-electron chi connectivity index (χ2n) is 7.07. The van der Waals surface area contributed by atoms with Crippen molar-refractivity contribution in [3.63, 3.8) is 0 Å². The minimum absolute atomic E-state index is 0.0532. The van der Waals surface area contributed by atoms with Gasteiger partial charge in [-0.25, -0.2) is 13.2 Å². The van der Waals surface area contributed by atoms with Crippen LogP contribution in [0.3, 0.4) is 0 Å². The lowest BCUT2D eigenvalue weighted by molar-refractivity contribution is 0.0512. The summed E-state index contributed by atoms with van der Waals surface area (Å²) in [5, 5.41) is 11.2. The molecule has 1 fully saturated rings. The van der Waals surface area contributed by atoms with Crippen LogP contribution in [0.2, 0.25) is 0 Å². The van der Waals surface area contributed by atoms with Crippen molar-refractivity contribution in [2.45, 2.75) is 70.9 Å². The van der Waals surface area contributed by atoms with E-state index in [1.165, 1.54) is 4.31 Å². The zero-order chi connectivity index (χ0) is 18.2. The van der Waals surface area contributed by atoms with Crippen LogP contribution in [0.5, 0.6) is 0 Å². The van der Waals surface area contributed by atoms with Gasteiger partial charge in [0.25, 0.3) is 0 Å². The first kappa shape index (κ1) is 20.7. The second kappa shape index (κ2) is 9.23. The Morgan fingerprint density at radius 3 is 2.67 bits per heavy atom. The minimum Gasteiger partial charge on any atom is -0.444 e. The van der Waals surface area contributed by atoms with Crippen LogP contribution in [0.25, 0.3) is 0 Å². The molecular weight excluding hydrogens is 330 g/mol. The second-order valence-corrected chi connectivity index (χ2v) is 9.12. The third-order valence-corrected chi connectivity index (χ3v) is 5.75. The summed E-state index contributed by atoms with van der Waals surface area (Å²) < 4.78 is 31.8. The lowest BCUT2D eigenvalue weighted by atomic mass is 10.1. The highest BCUT2D eigenvalue weighted by molar-refractivity contribution is 7.89. The van der Waals surface area contributed by atoms with Gasteiger partial charge in [-0.3, -0.25) is 0 Å². The summed E-state index contributed by atoms with van der Waals surface area (Å²) in [4.78, 5) is 11.8. The topological polar surface area (TPSA) is 99.5 Å². The van der Waals surface area contributed by atoms with Crippen molar-refractivity contribution >= 4 is 16.1 Å². The Labute approximate surface area is 145 Å². The zero-order valence-corrected chi connectivity index (χ0v) is 15.7. The number of nitrogens with zero attached hydrogens (tertiary/aromatic N) is 2. The average molecular weight is 359 g/mol. The summed E-state index contributed by atoms with van der Waals surface area (Å²) in [5.74, 6) is 0.0532. The molecular formula is C16H29N3O4S. The highest BCUT2D eigenvalue weighted by Crippen LogP contribution is 2.21. The molecule has 1 saturated heterocycles. The highest BCUT2D eigenvalue weighted by atomic mass is 32.2. The molecule has 1 aliphatic rings. The van der Waals surface area contributed by atoms with Gasteiger partial charge in [0.15, 0.2) is 0 Å². The molecule has 0 unspecified atom stereocenters. The smallest absolute Gasteiger partial charge is 0.407 e. The van der Waals surface area contributed by atoms with Crippen molar-refractivity contribution in [1.29, 1.82) is 5.26 Å². The molecule has 0 saturated carbocycles. The number of nitriles is 1. The van der Waals surface area contributed by atoms with E-state index in [1.54, 1.807) is 20.8 Å². The molecule has 1 N–H and O–H groups in total. The van der Waals surface area contributed by atoms with Gasteiger partial charge in [-0.2, -0.15) is 9.57 Å². The largest absolute Gasteiger partial charge is 0.444 e. The van der Waals surface area contributed by atoms with E-state index in [9.17, 15) is 13.2 Å². The Bertz CT molecular complexity index is 549. The van der Waals surface area contributed by atoms with E-state index in [0.717, 1.165) is 19.3 Å². The Hall–Kier alpha value is -1.33. The summed E-state index contributed by atoms with van der Waals surface area (Å²) in [5.41, 5.74) is -0.580. The van der Waals surface area contributed by atoms with E-state index in [-0.39, 0.29) is 18.3 Å². The number of hydrogen-bond acceptors (Lipinski definition) is 5. The molecule has 0 aromatic carbocycles. The molecule has 1 amide bonds. The lowest BCUT2D eigenvalue weighted by Gasteiger charge is -2.35. The highest BCUT2D eigenvalue weighted by Gasteiger charge is 2.32. The number of nitrogens with one attached hydrogen (secondary N) is 1. The number of amides is 1. The molecule has 24 heavy (non-hydrogen) atoms. The number of ether oxygens (including phenoxy) is 1. The van der Waals surface area contributed by atoms with Crippen molar-refractivity contribution in [2.75, 3.05) is 18.8 Å². The molecule has 0 bridgehead atoms. The first-order valence-corrected chi connectivity index (χ1v) is 10.1. The third-order valence-electron chi connectivity index (χ3n) is 3.75.